The second kappa shape index (κ2) is 8.99. The molecule has 1 rings (SSSR count). The lowest BCUT2D eigenvalue weighted by Crippen LogP contribution is -2.43. The predicted molar refractivity (Wildman–Crippen MR) is 83.4 cm³/mol. The number of hydrogen-bond donors (Lipinski definition) is 1. The van der Waals surface area contributed by atoms with Crippen LogP contribution in [-0.2, 0) is 11.2 Å². The molecule has 0 aromatic heterocycles. The molecule has 0 radical (unpaired) electrons. The van der Waals surface area contributed by atoms with E-state index in [1.165, 1.54) is 5.56 Å². The zero-order valence-corrected chi connectivity index (χ0v) is 12.7. The number of likely N-dealkylation sites (N-methyl/N-ethyl adjacent to an activating group) is 1. The molecule has 0 heterocycles. The highest BCUT2D eigenvalue weighted by atomic mass is 32.2. The van der Waals surface area contributed by atoms with Crippen LogP contribution in [0.2, 0.25) is 0 Å². The van der Waals surface area contributed by atoms with E-state index in [2.05, 4.69) is 29.2 Å². The molecule has 1 aromatic rings. The third-order valence-corrected chi connectivity index (χ3v) is 3.92. The largest absolute Gasteiger partial charge is 0.368 e. The molecule has 0 aliphatic rings. The fraction of sp³-hybridized carbons (Fsp3) is 0.533. The van der Waals surface area contributed by atoms with Crippen molar-refractivity contribution in [3.05, 3.63) is 35.9 Å². The van der Waals surface area contributed by atoms with Crippen molar-refractivity contribution in [3.63, 3.8) is 0 Å². The number of benzene rings is 1. The Morgan fingerprint density at radius 3 is 2.63 bits per heavy atom. The topological polar surface area (TPSA) is 46.3 Å². The Bertz CT molecular complexity index is 370. The number of aryl methyl sites for hydroxylation is 1. The monoisotopic (exact) mass is 280 g/mol. The summed E-state index contributed by atoms with van der Waals surface area (Å²) in [7, 11) is 1.99. The van der Waals surface area contributed by atoms with Crippen molar-refractivity contribution >= 4 is 17.7 Å². The van der Waals surface area contributed by atoms with E-state index < -0.39 is 0 Å². The van der Waals surface area contributed by atoms with Crippen LogP contribution in [0.15, 0.2) is 30.3 Å². The third kappa shape index (κ3) is 6.12. The first kappa shape index (κ1) is 16.1. The number of nitrogens with two attached hydrogens (primary N) is 1. The van der Waals surface area contributed by atoms with Crippen LogP contribution in [0, 0.1) is 0 Å². The van der Waals surface area contributed by atoms with Gasteiger partial charge in [0.2, 0.25) is 5.91 Å². The summed E-state index contributed by atoms with van der Waals surface area (Å²) in [5.41, 5.74) is 6.81. The highest BCUT2D eigenvalue weighted by molar-refractivity contribution is 7.98. The van der Waals surface area contributed by atoms with Gasteiger partial charge in [-0.2, -0.15) is 11.8 Å². The van der Waals surface area contributed by atoms with Crippen molar-refractivity contribution in [2.75, 3.05) is 25.6 Å². The fourth-order valence-electron chi connectivity index (χ4n) is 2.14. The van der Waals surface area contributed by atoms with Gasteiger partial charge >= 0.3 is 0 Å². The molecular formula is C15H24N2OS. The lowest BCUT2D eigenvalue weighted by molar-refractivity contribution is -0.122. The number of nitrogens with zero attached hydrogens (tertiary/aromatic N) is 1. The van der Waals surface area contributed by atoms with Gasteiger partial charge < -0.3 is 5.73 Å². The van der Waals surface area contributed by atoms with Gasteiger partial charge in [0.1, 0.15) is 0 Å². The molecule has 0 bridgehead atoms. The maximum Gasteiger partial charge on any atom is 0.234 e. The van der Waals surface area contributed by atoms with Crippen LogP contribution in [0.25, 0.3) is 0 Å². The first-order chi connectivity index (χ1) is 9.15. The van der Waals surface area contributed by atoms with Crippen molar-refractivity contribution in [2.45, 2.75) is 25.3 Å². The average molecular weight is 280 g/mol. The van der Waals surface area contributed by atoms with Gasteiger partial charge in [-0.1, -0.05) is 30.3 Å². The molecule has 0 saturated carbocycles. The number of rotatable bonds is 9. The van der Waals surface area contributed by atoms with Crippen molar-refractivity contribution < 1.29 is 4.79 Å². The Hall–Kier alpha value is -1.00. The molecule has 19 heavy (non-hydrogen) atoms. The van der Waals surface area contributed by atoms with E-state index in [4.69, 9.17) is 5.73 Å². The average Bonchev–Trinajstić information content (AvgIpc) is 2.40. The molecule has 2 N–H and O–H groups in total. The first-order valence-electron chi connectivity index (χ1n) is 6.67. The summed E-state index contributed by atoms with van der Waals surface area (Å²) in [4.78, 5) is 13.5. The van der Waals surface area contributed by atoms with Crippen LogP contribution in [-0.4, -0.2) is 42.4 Å². The van der Waals surface area contributed by atoms with E-state index in [0.717, 1.165) is 31.6 Å². The van der Waals surface area contributed by atoms with Crippen LogP contribution in [0.4, 0.5) is 0 Å². The highest BCUT2D eigenvalue weighted by Crippen LogP contribution is 2.09. The summed E-state index contributed by atoms with van der Waals surface area (Å²) in [6.45, 7) is 0.900. The zero-order valence-electron chi connectivity index (χ0n) is 11.8. The Kier molecular flexibility index (Phi) is 7.60. The Labute approximate surface area is 120 Å². The van der Waals surface area contributed by atoms with Gasteiger partial charge in [-0.25, -0.2) is 0 Å². The summed E-state index contributed by atoms with van der Waals surface area (Å²) < 4.78 is 0. The number of carbonyl (C=O) groups excluding carboxylic acids is 1. The fourth-order valence-corrected chi connectivity index (χ4v) is 2.60. The van der Waals surface area contributed by atoms with Crippen LogP contribution in [0.1, 0.15) is 18.4 Å². The van der Waals surface area contributed by atoms with E-state index in [1.54, 1.807) is 11.8 Å². The number of carbonyl (C=O) groups is 1. The van der Waals surface area contributed by atoms with Gasteiger partial charge in [0.05, 0.1) is 6.04 Å². The zero-order chi connectivity index (χ0) is 14.1. The minimum absolute atomic E-state index is 0.136. The lowest BCUT2D eigenvalue weighted by atomic mass is 10.1. The first-order valence-corrected chi connectivity index (χ1v) is 8.07. The molecule has 0 spiro atoms. The molecule has 106 valence electrons. The quantitative estimate of drug-likeness (QED) is 0.754. The minimum atomic E-state index is -0.212. The molecule has 0 saturated heterocycles. The lowest BCUT2D eigenvalue weighted by Gasteiger charge is -2.25. The molecule has 0 aliphatic carbocycles. The molecule has 0 unspecified atom stereocenters. The normalized spacial score (nSPS) is 12.6. The smallest absolute Gasteiger partial charge is 0.234 e. The number of thioether (sulfide) groups is 1. The van der Waals surface area contributed by atoms with E-state index in [-0.39, 0.29) is 11.9 Å². The Morgan fingerprint density at radius 1 is 1.37 bits per heavy atom. The van der Waals surface area contributed by atoms with Gasteiger partial charge in [-0.3, -0.25) is 9.69 Å². The van der Waals surface area contributed by atoms with Gasteiger partial charge in [0, 0.05) is 0 Å². The van der Waals surface area contributed by atoms with Crippen molar-refractivity contribution in [3.8, 4) is 0 Å². The van der Waals surface area contributed by atoms with Crippen molar-refractivity contribution in [2.24, 2.45) is 5.73 Å². The minimum Gasteiger partial charge on any atom is -0.368 e. The van der Waals surface area contributed by atoms with E-state index in [1.807, 2.05) is 19.4 Å². The van der Waals surface area contributed by atoms with Gasteiger partial charge in [0.15, 0.2) is 0 Å². The van der Waals surface area contributed by atoms with Gasteiger partial charge in [0.25, 0.3) is 0 Å². The second-order valence-corrected chi connectivity index (χ2v) is 5.75. The maximum atomic E-state index is 11.5. The summed E-state index contributed by atoms with van der Waals surface area (Å²) in [5, 5.41) is 0. The standard InChI is InChI=1S/C15H24N2OS/c1-17(14(15(16)18)10-12-19-2)11-6-9-13-7-4-3-5-8-13/h3-5,7-8,14H,6,9-12H2,1-2H3,(H2,16,18)/t14-/m1/s1. The van der Waals surface area contributed by atoms with E-state index in [0.29, 0.717) is 0 Å². The highest BCUT2D eigenvalue weighted by Gasteiger charge is 2.19. The van der Waals surface area contributed by atoms with E-state index >= 15 is 0 Å². The van der Waals surface area contributed by atoms with E-state index in [9.17, 15) is 4.79 Å². The Morgan fingerprint density at radius 2 is 2.05 bits per heavy atom. The number of hydrogen-bond acceptors (Lipinski definition) is 3. The molecule has 1 aromatic carbocycles. The SMILES string of the molecule is CSCC[C@H](C(N)=O)N(C)CCCc1ccccc1. The molecule has 1 atom stereocenters. The third-order valence-electron chi connectivity index (χ3n) is 3.27. The number of amides is 1. The summed E-state index contributed by atoms with van der Waals surface area (Å²) >= 11 is 1.75. The predicted octanol–water partition coefficient (Wildman–Crippen LogP) is 2.16. The molecular weight excluding hydrogens is 256 g/mol. The second-order valence-electron chi connectivity index (χ2n) is 4.77. The van der Waals surface area contributed by atoms with Crippen LogP contribution >= 0.6 is 11.8 Å². The summed E-state index contributed by atoms with van der Waals surface area (Å²) in [6, 6.07) is 10.3. The van der Waals surface area contributed by atoms with Gasteiger partial charge in [-0.15, -0.1) is 0 Å². The molecule has 0 aliphatic heterocycles. The van der Waals surface area contributed by atoms with Crippen LogP contribution in [0.3, 0.4) is 0 Å². The molecule has 4 heteroatoms. The summed E-state index contributed by atoms with van der Waals surface area (Å²) in [6.07, 6.45) is 4.97. The van der Waals surface area contributed by atoms with Crippen molar-refractivity contribution in [1.82, 2.24) is 4.90 Å². The Balaban J connectivity index is 2.35. The maximum absolute atomic E-state index is 11.5. The van der Waals surface area contributed by atoms with Crippen molar-refractivity contribution in [1.29, 1.82) is 0 Å². The summed E-state index contributed by atoms with van der Waals surface area (Å²) in [5.74, 6) is 0.757. The molecule has 1 amide bonds. The molecule has 0 fully saturated rings. The number of primary amides is 1. The molecule has 3 nitrogen and oxygen atoms in total. The van der Waals surface area contributed by atoms with Crippen LogP contribution < -0.4 is 5.73 Å². The van der Waals surface area contributed by atoms with Gasteiger partial charge in [-0.05, 0) is 50.4 Å². The van der Waals surface area contributed by atoms with Crippen LogP contribution in [0.5, 0.6) is 0 Å².